The molecule has 0 aliphatic rings. The molecule has 1 heterocycles. The fourth-order valence-electron chi connectivity index (χ4n) is 2.23. The maximum atomic E-state index is 13.2. The zero-order valence-corrected chi connectivity index (χ0v) is 13.7. The van der Waals surface area contributed by atoms with E-state index in [1.165, 1.54) is 17.4 Å². The van der Waals surface area contributed by atoms with Crippen molar-refractivity contribution in [2.75, 3.05) is 0 Å². The summed E-state index contributed by atoms with van der Waals surface area (Å²) in [5.74, 6) is -2.50. The quantitative estimate of drug-likeness (QED) is 0.746. The molecule has 0 radical (unpaired) electrons. The van der Waals surface area contributed by atoms with Gasteiger partial charge in [0.25, 0.3) is 0 Å². The first kappa shape index (κ1) is 16.3. The van der Waals surface area contributed by atoms with E-state index in [4.69, 9.17) is 5.11 Å². The van der Waals surface area contributed by atoms with Crippen molar-refractivity contribution < 1.29 is 23.4 Å². The number of aromatic nitrogens is 1. The second-order valence-electron chi connectivity index (χ2n) is 5.39. The van der Waals surface area contributed by atoms with Gasteiger partial charge in [0.1, 0.15) is 10.8 Å². The summed E-state index contributed by atoms with van der Waals surface area (Å²) < 4.78 is 31.7. The van der Waals surface area contributed by atoms with E-state index >= 15 is 0 Å². The number of ether oxygens (including phenoxy) is 1. The predicted octanol–water partition coefficient (Wildman–Crippen LogP) is 4.64. The predicted molar refractivity (Wildman–Crippen MR) is 87.7 cm³/mol. The van der Waals surface area contributed by atoms with Gasteiger partial charge in [-0.2, -0.15) is 8.78 Å². The molecular formula is C17H13F2NO3S. The fourth-order valence-corrected chi connectivity index (χ4v) is 3.29. The van der Waals surface area contributed by atoms with Gasteiger partial charge in [0.05, 0.1) is 10.2 Å². The number of halogens is 2. The average Bonchev–Trinajstić information content (AvgIpc) is 2.92. The van der Waals surface area contributed by atoms with Crippen molar-refractivity contribution in [2.24, 2.45) is 0 Å². The SMILES string of the molecule is Cc1ccc2nc(-c3ccc(OC(F)(F)C(=O)O)c(C)c3)sc2c1. The minimum Gasteiger partial charge on any atom is -0.474 e. The molecule has 2 aromatic carbocycles. The van der Waals surface area contributed by atoms with E-state index in [0.717, 1.165) is 26.4 Å². The van der Waals surface area contributed by atoms with Gasteiger partial charge >= 0.3 is 12.1 Å². The Morgan fingerprint density at radius 2 is 1.96 bits per heavy atom. The van der Waals surface area contributed by atoms with E-state index in [9.17, 15) is 13.6 Å². The molecule has 0 aliphatic heterocycles. The Bertz CT molecular complexity index is 937. The van der Waals surface area contributed by atoms with E-state index in [1.54, 1.807) is 19.1 Å². The first-order valence-corrected chi connectivity index (χ1v) is 7.86. The minimum atomic E-state index is -4.26. The number of benzene rings is 2. The Kier molecular flexibility index (Phi) is 3.96. The summed E-state index contributed by atoms with van der Waals surface area (Å²) in [6.45, 7) is 3.58. The molecule has 1 aromatic heterocycles. The molecule has 3 rings (SSSR count). The summed E-state index contributed by atoms with van der Waals surface area (Å²) in [6, 6.07) is 10.5. The molecule has 124 valence electrons. The zero-order valence-electron chi connectivity index (χ0n) is 12.8. The van der Waals surface area contributed by atoms with Crippen LogP contribution in [0.3, 0.4) is 0 Å². The van der Waals surface area contributed by atoms with Crippen molar-refractivity contribution in [1.29, 1.82) is 0 Å². The molecular weight excluding hydrogens is 336 g/mol. The lowest BCUT2D eigenvalue weighted by Crippen LogP contribution is -2.35. The molecule has 0 amide bonds. The normalized spacial score (nSPS) is 11.7. The fraction of sp³-hybridized carbons (Fsp3) is 0.176. The van der Waals surface area contributed by atoms with Crippen LogP contribution in [0.2, 0.25) is 0 Å². The summed E-state index contributed by atoms with van der Waals surface area (Å²) in [5, 5.41) is 9.21. The van der Waals surface area contributed by atoms with Crippen molar-refractivity contribution in [3.05, 3.63) is 47.5 Å². The molecule has 0 saturated heterocycles. The minimum absolute atomic E-state index is 0.178. The number of thiazole rings is 1. The second kappa shape index (κ2) is 5.83. The molecule has 1 N–H and O–H groups in total. The Hall–Kier alpha value is -2.54. The largest absolute Gasteiger partial charge is 0.501 e. The van der Waals surface area contributed by atoms with Crippen LogP contribution in [0, 0.1) is 13.8 Å². The molecule has 4 nitrogen and oxygen atoms in total. The van der Waals surface area contributed by atoms with Crippen molar-refractivity contribution in [1.82, 2.24) is 4.98 Å². The van der Waals surface area contributed by atoms with Crippen LogP contribution in [-0.2, 0) is 4.79 Å². The van der Waals surface area contributed by atoms with Crippen LogP contribution in [-0.4, -0.2) is 22.2 Å². The van der Waals surface area contributed by atoms with Gasteiger partial charge in [-0.3, -0.25) is 0 Å². The average molecular weight is 349 g/mol. The summed E-state index contributed by atoms with van der Waals surface area (Å²) >= 11 is 1.50. The molecule has 0 unspecified atom stereocenters. The standard InChI is InChI=1S/C17H13F2NO3S/c1-9-3-5-12-14(7-9)24-15(20-12)11-4-6-13(10(2)8-11)23-17(18,19)16(21)22/h3-8H,1-2H3,(H,21,22). The van der Waals surface area contributed by atoms with Crippen molar-refractivity contribution in [3.8, 4) is 16.3 Å². The van der Waals surface area contributed by atoms with Crippen molar-refractivity contribution in [2.45, 2.75) is 20.0 Å². The van der Waals surface area contributed by atoms with Gasteiger partial charge in [-0.15, -0.1) is 11.3 Å². The Morgan fingerprint density at radius 1 is 1.21 bits per heavy atom. The number of alkyl halides is 2. The number of hydrogen-bond donors (Lipinski definition) is 1. The third-order valence-electron chi connectivity index (χ3n) is 3.45. The van der Waals surface area contributed by atoms with Crippen LogP contribution in [0.15, 0.2) is 36.4 Å². The van der Waals surface area contributed by atoms with Crippen LogP contribution in [0.1, 0.15) is 11.1 Å². The monoisotopic (exact) mass is 349 g/mol. The van der Waals surface area contributed by atoms with Gasteiger partial charge in [-0.25, -0.2) is 9.78 Å². The molecule has 0 atom stereocenters. The maximum absolute atomic E-state index is 13.2. The smallest absolute Gasteiger partial charge is 0.474 e. The topological polar surface area (TPSA) is 59.4 Å². The number of carboxylic acid groups (broad SMARTS) is 1. The highest BCUT2D eigenvalue weighted by Gasteiger charge is 2.42. The van der Waals surface area contributed by atoms with Gasteiger partial charge in [-0.05, 0) is 55.3 Å². The lowest BCUT2D eigenvalue weighted by atomic mass is 10.1. The van der Waals surface area contributed by atoms with Gasteiger partial charge in [-0.1, -0.05) is 6.07 Å². The zero-order chi connectivity index (χ0) is 17.5. The summed E-state index contributed by atoms with van der Waals surface area (Å²) in [4.78, 5) is 15.0. The molecule has 0 aliphatic carbocycles. The van der Waals surface area contributed by atoms with Gasteiger partial charge in [0, 0.05) is 5.56 Å². The number of aliphatic carboxylic acids is 1. The van der Waals surface area contributed by atoms with Gasteiger partial charge in [0.15, 0.2) is 0 Å². The highest BCUT2D eigenvalue weighted by Crippen LogP contribution is 2.34. The van der Waals surface area contributed by atoms with E-state index < -0.39 is 12.1 Å². The maximum Gasteiger partial charge on any atom is 0.501 e. The van der Waals surface area contributed by atoms with E-state index in [0.29, 0.717) is 5.56 Å². The number of carboxylic acids is 1. The van der Waals surface area contributed by atoms with Crippen LogP contribution >= 0.6 is 11.3 Å². The molecule has 24 heavy (non-hydrogen) atoms. The molecule has 0 bridgehead atoms. The molecule has 0 fully saturated rings. The van der Waals surface area contributed by atoms with Gasteiger partial charge in [0.2, 0.25) is 0 Å². The lowest BCUT2D eigenvalue weighted by Gasteiger charge is -2.15. The third kappa shape index (κ3) is 3.07. The number of aryl methyl sites for hydroxylation is 2. The lowest BCUT2D eigenvalue weighted by molar-refractivity contribution is -0.211. The molecule has 3 aromatic rings. The van der Waals surface area contributed by atoms with Crippen LogP contribution < -0.4 is 4.74 Å². The Labute approximate surface area is 140 Å². The second-order valence-corrected chi connectivity index (χ2v) is 6.43. The number of carbonyl (C=O) groups is 1. The van der Waals surface area contributed by atoms with Crippen LogP contribution in [0.5, 0.6) is 5.75 Å². The Morgan fingerprint density at radius 3 is 2.62 bits per heavy atom. The highest BCUT2D eigenvalue weighted by atomic mass is 32.1. The van der Waals surface area contributed by atoms with Crippen molar-refractivity contribution >= 4 is 27.5 Å². The van der Waals surface area contributed by atoms with Crippen molar-refractivity contribution in [3.63, 3.8) is 0 Å². The molecule has 0 saturated carbocycles. The first-order chi connectivity index (χ1) is 11.3. The number of rotatable bonds is 4. The third-order valence-corrected chi connectivity index (χ3v) is 4.52. The number of nitrogens with zero attached hydrogens (tertiary/aromatic N) is 1. The summed E-state index contributed by atoms with van der Waals surface area (Å²) in [6.07, 6.45) is -4.26. The molecule has 0 spiro atoms. The van der Waals surface area contributed by atoms with E-state index in [1.807, 2.05) is 25.1 Å². The molecule has 7 heteroatoms. The van der Waals surface area contributed by atoms with Crippen LogP contribution in [0.25, 0.3) is 20.8 Å². The first-order valence-electron chi connectivity index (χ1n) is 7.05. The summed E-state index contributed by atoms with van der Waals surface area (Å²) in [7, 11) is 0. The number of fused-ring (bicyclic) bond motifs is 1. The highest BCUT2D eigenvalue weighted by molar-refractivity contribution is 7.21. The Balaban J connectivity index is 1.95. The van der Waals surface area contributed by atoms with E-state index in [2.05, 4.69) is 9.72 Å². The van der Waals surface area contributed by atoms with Crippen LogP contribution in [0.4, 0.5) is 8.78 Å². The summed E-state index contributed by atoms with van der Waals surface area (Å²) in [5.41, 5.74) is 3.17. The van der Waals surface area contributed by atoms with Gasteiger partial charge < -0.3 is 9.84 Å². The number of hydrogen-bond acceptors (Lipinski definition) is 4. The van der Waals surface area contributed by atoms with E-state index in [-0.39, 0.29) is 5.75 Å².